The molecule has 2 atom stereocenters. The van der Waals surface area contributed by atoms with Crippen molar-refractivity contribution in [2.75, 3.05) is 32.7 Å². The molecule has 0 spiro atoms. The average molecular weight is 300 g/mol. The molecule has 122 valence electrons. The lowest BCUT2D eigenvalue weighted by Crippen LogP contribution is -2.51. The first-order valence-electron chi connectivity index (χ1n) is 9.31. The lowest BCUT2D eigenvalue weighted by atomic mass is 9.86. The van der Waals surface area contributed by atoms with Gasteiger partial charge in [0.2, 0.25) is 0 Å². The lowest BCUT2D eigenvalue weighted by molar-refractivity contribution is 0.0686. The lowest BCUT2D eigenvalue weighted by Gasteiger charge is -2.42. The van der Waals surface area contributed by atoms with Crippen LogP contribution in [0, 0.1) is 5.92 Å². The molecule has 1 aliphatic carbocycles. The fraction of sp³-hybridized carbons (Fsp3) is 0.700. The molecule has 2 aliphatic rings. The van der Waals surface area contributed by atoms with E-state index in [9.17, 15) is 0 Å². The monoisotopic (exact) mass is 300 g/mol. The van der Waals surface area contributed by atoms with E-state index in [1.54, 1.807) is 0 Å². The molecule has 0 bridgehead atoms. The van der Waals surface area contributed by atoms with Gasteiger partial charge in [-0.3, -0.25) is 4.90 Å². The largest absolute Gasteiger partial charge is 0.301 e. The Balaban J connectivity index is 1.35. The highest BCUT2D eigenvalue weighted by molar-refractivity contribution is 5.14. The van der Waals surface area contributed by atoms with E-state index in [1.165, 1.54) is 76.8 Å². The summed E-state index contributed by atoms with van der Waals surface area (Å²) >= 11 is 0. The summed E-state index contributed by atoms with van der Waals surface area (Å²) in [4.78, 5) is 5.45. The van der Waals surface area contributed by atoms with Crippen molar-refractivity contribution >= 4 is 0 Å². The SMILES string of the molecule is CC1CCCC(N2CCN(CCCc3ccccc3)CC2)C1. The topological polar surface area (TPSA) is 6.48 Å². The minimum absolute atomic E-state index is 0.884. The second-order valence-electron chi connectivity index (χ2n) is 7.39. The molecule has 1 aromatic rings. The van der Waals surface area contributed by atoms with Gasteiger partial charge in [-0.15, -0.1) is 0 Å². The third-order valence-electron chi connectivity index (χ3n) is 5.61. The first kappa shape index (κ1) is 16.0. The van der Waals surface area contributed by atoms with Crippen molar-refractivity contribution < 1.29 is 0 Å². The molecule has 3 rings (SSSR count). The zero-order chi connectivity index (χ0) is 15.2. The van der Waals surface area contributed by atoms with Crippen LogP contribution >= 0.6 is 0 Å². The van der Waals surface area contributed by atoms with E-state index < -0.39 is 0 Å². The van der Waals surface area contributed by atoms with E-state index >= 15 is 0 Å². The molecule has 1 heterocycles. The van der Waals surface area contributed by atoms with Gasteiger partial charge >= 0.3 is 0 Å². The van der Waals surface area contributed by atoms with Crippen LogP contribution in [0.2, 0.25) is 0 Å². The van der Waals surface area contributed by atoms with Gasteiger partial charge in [0.25, 0.3) is 0 Å². The van der Waals surface area contributed by atoms with Crippen LogP contribution < -0.4 is 0 Å². The molecule has 0 amide bonds. The van der Waals surface area contributed by atoms with Gasteiger partial charge in [0.05, 0.1) is 0 Å². The van der Waals surface area contributed by atoms with Gasteiger partial charge in [-0.2, -0.15) is 0 Å². The standard InChI is InChI=1S/C20H32N2/c1-18-7-5-11-20(17-18)22-15-13-21(14-16-22)12-6-10-19-8-3-2-4-9-19/h2-4,8-9,18,20H,5-7,10-17H2,1H3. The van der Waals surface area contributed by atoms with E-state index in [0.29, 0.717) is 0 Å². The molecule has 1 saturated heterocycles. The summed E-state index contributed by atoms with van der Waals surface area (Å²) < 4.78 is 0. The van der Waals surface area contributed by atoms with Gasteiger partial charge in [0.15, 0.2) is 0 Å². The summed E-state index contributed by atoms with van der Waals surface area (Å²) in [6.45, 7) is 8.85. The van der Waals surface area contributed by atoms with Crippen molar-refractivity contribution in [2.24, 2.45) is 5.92 Å². The molecule has 22 heavy (non-hydrogen) atoms. The van der Waals surface area contributed by atoms with Crippen LogP contribution in [0.15, 0.2) is 30.3 Å². The highest BCUT2D eigenvalue weighted by atomic mass is 15.3. The van der Waals surface area contributed by atoms with Crippen LogP contribution in [0.4, 0.5) is 0 Å². The van der Waals surface area contributed by atoms with E-state index in [2.05, 4.69) is 47.1 Å². The molecule has 2 nitrogen and oxygen atoms in total. The summed E-state index contributed by atoms with van der Waals surface area (Å²) in [6, 6.07) is 11.8. The van der Waals surface area contributed by atoms with Gasteiger partial charge in [-0.25, -0.2) is 0 Å². The Bertz CT molecular complexity index is 423. The average Bonchev–Trinajstić information content (AvgIpc) is 2.56. The van der Waals surface area contributed by atoms with E-state index in [0.717, 1.165) is 12.0 Å². The molecule has 1 aromatic carbocycles. The highest BCUT2D eigenvalue weighted by Crippen LogP contribution is 2.27. The smallest absolute Gasteiger partial charge is 0.0113 e. The Morgan fingerprint density at radius 3 is 2.50 bits per heavy atom. The Morgan fingerprint density at radius 2 is 1.77 bits per heavy atom. The predicted molar refractivity (Wildman–Crippen MR) is 94.2 cm³/mol. The summed E-state index contributed by atoms with van der Waals surface area (Å²) in [6.07, 6.45) is 8.30. The quantitative estimate of drug-likeness (QED) is 0.816. The fourth-order valence-electron chi connectivity index (χ4n) is 4.24. The molecule has 0 aromatic heterocycles. The molecular formula is C20H32N2. The zero-order valence-corrected chi connectivity index (χ0v) is 14.2. The van der Waals surface area contributed by atoms with Crippen LogP contribution in [0.25, 0.3) is 0 Å². The van der Waals surface area contributed by atoms with Crippen LogP contribution in [-0.2, 0) is 6.42 Å². The van der Waals surface area contributed by atoms with E-state index in [1.807, 2.05) is 0 Å². The van der Waals surface area contributed by atoms with Gasteiger partial charge in [-0.05, 0) is 43.7 Å². The van der Waals surface area contributed by atoms with Crippen molar-refractivity contribution in [1.82, 2.24) is 9.80 Å². The number of hydrogen-bond acceptors (Lipinski definition) is 2. The summed E-state index contributed by atoms with van der Waals surface area (Å²) in [7, 11) is 0. The summed E-state index contributed by atoms with van der Waals surface area (Å²) in [5.74, 6) is 0.947. The Morgan fingerprint density at radius 1 is 1.00 bits per heavy atom. The molecule has 2 fully saturated rings. The first-order chi connectivity index (χ1) is 10.8. The van der Waals surface area contributed by atoms with Crippen LogP contribution in [0.5, 0.6) is 0 Å². The van der Waals surface area contributed by atoms with Gasteiger partial charge in [-0.1, -0.05) is 50.1 Å². The second-order valence-corrected chi connectivity index (χ2v) is 7.39. The zero-order valence-electron chi connectivity index (χ0n) is 14.2. The minimum atomic E-state index is 0.884. The maximum atomic E-state index is 2.78. The minimum Gasteiger partial charge on any atom is -0.301 e. The van der Waals surface area contributed by atoms with Crippen molar-refractivity contribution in [3.8, 4) is 0 Å². The van der Waals surface area contributed by atoms with Crippen molar-refractivity contribution in [1.29, 1.82) is 0 Å². The molecule has 1 saturated carbocycles. The molecule has 1 aliphatic heterocycles. The van der Waals surface area contributed by atoms with Gasteiger partial charge in [0, 0.05) is 32.2 Å². The van der Waals surface area contributed by atoms with Crippen LogP contribution in [-0.4, -0.2) is 48.6 Å². The molecule has 0 N–H and O–H groups in total. The Labute approximate surface area is 136 Å². The number of benzene rings is 1. The van der Waals surface area contributed by atoms with E-state index in [-0.39, 0.29) is 0 Å². The number of hydrogen-bond donors (Lipinski definition) is 0. The van der Waals surface area contributed by atoms with Crippen LogP contribution in [0.1, 0.15) is 44.6 Å². The predicted octanol–water partition coefficient (Wildman–Crippen LogP) is 3.82. The Kier molecular flexibility index (Phi) is 5.91. The second kappa shape index (κ2) is 8.12. The highest BCUT2D eigenvalue weighted by Gasteiger charge is 2.27. The number of nitrogens with zero attached hydrogens (tertiary/aromatic N) is 2. The van der Waals surface area contributed by atoms with E-state index in [4.69, 9.17) is 0 Å². The molecular weight excluding hydrogens is 268 g/mol. The van der Waals surface area contributed by atoms with Crippen molar-refractivity contribution in [3.05, 3.63) is 35.9 Å². The maximum absolute atomic E-state index is 2.78. The van der Waals surface area contributed by atoms with Gasteiger partial charge in [0.1, 0.15) is 0 Å². The summed E-state index contributed by atoms with van der Waals surface area (Å²) in [5, 5.41) is 0. The van der Waals surface area contributed by atoms with Crippen molar-refractivity contribution in [3.63, 3.8) is 0 Å². The Hall–Kier alpha value is -0.860. The maximum Gasteiger partial charge on any atom is 0.0113 e. The third kappa shape index (κ3) is 4.57. The van der Waals surface area contributed by atoms with Crippen LogP contribution in [0.3, 0.4) is 0 Å². The van der Waals surface area contributed by atoms with Crippen molar-refractivity contribution in [2.45, 2.75) is 51.5 Å². The normalized spacial score (nSPS) is 27.9. The first-order valence-corrected chi connectivity index (χ1v) is 9.31. The van der Waals surface area contributed by atoms with Gasteiger partial charge < -0.3 is 4.90 Å². The number of piperazine rings is 1. The number of aryl methyl sites for hydroxylation is 1. The molecule has 2 unspecified atom stereocenters. The molecule has 2 heteroatoms. The summed E-state index contributed by atoms with van der Waals surface area (Å²) in [5.41, 5.74) is 1.48. The molecule has 0 radical (unpaired) electrons. The third-order valence-corrected chi connectivity index (χ3v) is 5.61. The fourth-order valence-corrected chi connectivity index (χ4v) is 4.24. The number of rotatable bonds is 5.